The van der Waals surface area contributed by atoms with Gasteiger partial charge in [-0.3, -0.25) is 0 Å². The lowest BCUT2D eigenvalue weighted by molar-refractivity contribution is -0.143. The molecule has 2 atom stereocenters. The third-order valence-corrected chi connectivity index (χ3v) is 1.60. The normalized spacial score (nSPS) is 41.3. The molecule has 0 aromatic carbocycles. The fraction of sp³-hybridized carbons (Fsp3) is 1.00. The van der Waals surface area contributed by atoms with Crippen molar-refractivity contribution in [1.29, 1.82) is 0 Å². The number of ether oxygens (including phenoxy) is 2. The Kier molecular flexibility index (Phi) is 1.53. The van der Waals surface area contributed by atoms with E-state index in [0.717, 1.165) is 0 Å². The van der Waals surface area contributed by atoms with E-state index in [1.165, 1.54) is 0 Å². The van der Waals surface area contributed by atoms with E-state index < -0.39 is 0 Å². The molecule has 1 aliphatic heterocycles. The van der Waals surface area contributed by atoms with Crippen LogP contribution in [0.15, 0.2) is 0 Å². The van der Waals surface area contributed by atoms with E-state index in [4.69, 9.17) is 9.47 Å². The summed E-state index contributed by atoms with van der Waals surface area (Å²) in [7, 11) is 0. The minimum Gasteiger partial charge on any atom is -0.345 e. The van der Waals surface area contributed by atoms with Crippen LogP contribution in [0.2, 0.25) is 0 Å². The van der Waals surface area contributed by atoms with Crippen molar-refractivity contribution in [3.63, 3.8) is 0 Å². The fourth-order valence-electron chi connectivity index (χ4n) is 1.11. The van der Waals surface area contributed by atoms with Crippen LogP contribution in [0.1, 0.15) is 27.7 Å². The largest absolute Gasteiger partial charge is 0.345 e. The molecule has 2 heteroatoms. The summed E-state index contributed by atoms with van der Waals surface area (Å²) in [6, 6.07) is 0. The van der Waals surface area contributed by atoms with E-state index in [2.05, 4.69) is 0 Å². The Morgan fingerprint density at radius 1 is 1.00 bits per heavy atom. The van der Waals surface area contributed by atoms with E-state index in [1.54, 1.807) is 0 Å². The molecule has 9 heavy (non-hydrogen) atoms. The predicted molar refractivity (Wildman–Crippen MR) is 35.2 cm³/mol. The number of rotatable bonds is 0. The van der Waals surface area contributed by atoms with Gasteiger partial charge in [-0.15, -0.1) is 0 Å². The van der Waals surface area contributed by atoms with Gasteiger partial charge in [0.15, 0.2) is 5.79 Å². The Morgan fingerprint density at radius 3 is 1.44 bits per heavy atom. The molecule has 0 spiro atoms. The van der Waals surface area contributed by atoms with Crippen LogP contribution in [0.5, 0.6) is 0 Å². The van der Waals surface area contributed by atoms with Gasteiger partial charge in [-0.1, -0.05) is 0 Å². The van der Waals surface area contributed by atoms with Crippen LogP contribution in [0, 0.1) is 0 Å². The maximum absolute atomic E-state index is 5.44. The average molecular weight is 130 g/mol. The summed E-state index contributed by atoms with van der Waals surface area (Å²) < 4.78 is 10.9. The molecule has 1 saturated heterocycles. The van der Waals surface area contributed by atoms with E-state index in [1.807, 2.05) is 27.7 Å². The molecule has 0 saturated carbocycles. The summed E-state index contributed by atoms with van der Waals surface area (Å²) in [4.78, 5) is 0. The molecule has 1 rings (SSSR count). The Hall–Kier alpha value is -0.0800. The van der Waals surface area contributed by atoms with Crippen LogP contribution >= 0.6 is 0 Å². The van der Waals surface area contributed by atoms with Gasteiger partial charge >= 0.3 is 0 Å². The minimum atomic E-state index is -0.362. The third-order valence-electron chi connectivity index (χ3n) is 1.60. The molecule has 1 aliphatic rings. The molecule has 0 aromatic heterocycles. The topological polar surface area (TPSA) is 18.5 Å². The van der Waals surface area contributed by atoms with Crippen LogP contribution in [0.3, 0.4) is 0 Å². The van der Waals surface area contributed by atoms with Gasteiger partial charge in [-0.05, 0) is 27.7 Å². The summed E-state index contributed by atoms with van der Waals surface area (Å²) in [5.74, 6) is -0.362. The van der Waals surface area contributed by atoms with Crippen molar-refractivity contribution in [1.82, 2.24) is 0 Å². The zero-order valence-electron chi connectivity index (χ0n) is 6.47. The Bertz CT molecular complexity index is 97.5. The first kappa shape index (κ1) is 7.03. The smallest absolute Gasteiger partial charge is 0.163 e. The summed E-state index contributed by atoms with van der Waals surface area (Å²) >= 11 is 0. The van der Waals surface area contributed by atoms with Gasteiger partial charge in [0.25, 0.3) is 0 Å². The lowest BCUT2D eigenvalue weighted by Gasteiger charge is -2.15. The Balaban J connectivity index is 2.54. The number of hydrogen-bond acceptors (Lipinski definition) is 2. The second-order valence-electron chi connectivity index (χ2n) is 3.05. The van der Waals surface area contributed by atoms with Crippen LogP contribution in [0.4, 0.5) is 0 Å². The monoisotopic (exact) mass is 130 g/mol. The highest BCUT2D eigenvalue weighted by Crippen LogP contribution is 2.26. The standard InChI is InChI=1S/C7H14O2/c1-5-6(2)9-7(3,4)8-5/h5-6H,1-4H3/t5-,6-/m1/s1. The lowest BCUT2D eigenvalue weighted by Crippen LogP contribution is -2.20. The third kappa shape index (κ3) is 1.43. The van der Waals surface area contributed by atoms with Crippen molar-refractivity contribution in [2.24, 2.45) is 0 Å². The van der Waals surface area contributed by atoms with Crippen LogP contribution in [-0.2, 0) is 9.47 Å². The number of hydrogen-bond donors (Lipinski definition) is 0. The molecule has 2 nitrogen and oxygen atoms in total. The fourth-order valence-corrected chi connectivity index (χ4v) is 1.11. The maximum Gasteiger partial charge on any atom is 0.163 e. The molecule has 0 unspecified atom stereocenters. The summed E-state index contributed by atoms with van der Waals surface area (Å²) in [5.41, 5.74) is 0. The molecular formula is C7H14O2. The Morgan fingerprint density at radius 2 is 1.33 bits per heavy atom. The molecular weight excluding hydrogens is 116 g/mol. The van der Waals surface area contributed by atoms with Gasteiger partial charge in [0.1, 0.15) is 0 Å². The van der Waals surface area contributed by atoms with Gasteiger partial charge in [0, 0.05) is 0 Å². The van der Waals surface area contributed by atoms with Crippen molar-refractivity contribution >= 4 is 0 Å². The molecule has 0 aromatic rings. The average Bonchev–Trinajstić information content (AvgIpc) is 1.79. The minimum absolute atomic E-state index is 0.236. The van der Waals surface area contributed by atoms with Crippen molar-refractivity contribution in [3.05, 3.63) is 0 Å². The predicted octanol–water partition coefficient (Wildman–Crippen LogP) is 1.55. The first-order valence-corrected chi connectivity index (χ1v) is 3.37. The highest BCUT2D eigenvalue weighted by atomic mass is 16.7. The van der Waals surface area contributed by atoms with Gasteiger partial charge in [-0.25, -0.2) is 0 Å². The van der Waals surface area contributed by atoms with Crippen molar-refractivity contribution < 1.29 is 9.47 Å². The van der Waals surface area contributed by atoms with Crippen molar-refractivity contribution in [3.8, 4) is 0 Å². The summed E-state index contributed by atoms with van der Waals surface area (Å²) in [5, 5.41) is 0. The van der Waals surface area contributed by atoms with Crippen molar-refractivity contribution in [2.75, 3.05) is 0 Å². The molecule has 1 fully saturated rings. The lowest BCUT2D eigenvalue weighted by atomic mass is 10.3. The van der Waals surface area contributed by atoms with Gasteiger partial charge < -0.3 is 9.47 Å². The van der Waals surface area contributed by atoms with Gasteiger partial charge in [0.2, 0.25) is 0 Å². The van der Waals surface area contributed by atoms with E-state index in [-0.39, 0.29) is 18.0 Å². The highest BCUT2D eigenvalue weighted by molar-refractivity contribution is 4.73. The van der Waals surface area contributed by atoms with Gasteiger partial charge in [0.05, 0.1) is 12.2 Å². The molecule has 0 amide bonds. The second kappa shape index (κ2) is 1.96. The Labute approximate surface area is 56.2 Å². The second-order valence-corrected chi connectivity index (χ2v) is 3.05. The molecule has 0 N–H and O–H groups in total. The molecule has 1 heterocycles. The quantitative estimate of drug-likeness (QED) is 0.495. The van der Waals surface area contributed by atoms with E-state index in [0.29, 0.717) is 0 Å². The molecule has 0 aliphatic carbocycles. The molecule has 0 bridgehead atoms. The van der Waals surface area contributed by atoms with Crippen molar-refractivity contribution in [2.45, 2.75) is 45.7 Å². The first-order valence-electron chi connectivity index (χ1n) is 3.37. The first-order chi connectivity index (χ1) is 4.01. The summed E-state index contributed by atoms with van der Waals surface area (Å²) in [6.45, 7) is 7.93. The van der Waals surface area contributed by atoms with Crippen LogP contribution in [-0.4, -0.2) is 18.0 Å². The molecule has 54 valence electrons. The molecule has 0 radical (unpaired) electrons. The van der Waals surface area contributed by atoms with Crippen LogP contribution < -0.4 is 0 Å². The van der Waals surface area contributed by atoms with E-state index in [9.17, 15) is 0 Å². The maximum atomic E-state index is 5.44. The highest BCUT2D eigenvalue weighted by Gasteiger charge is 2.35. The van der Waals surface area contributed by atoms with E-state index >= 15 is 0 Å². The zero-order valence-corrected chi connectivity index (χ0v) is 6.47. The summed E-state index contributed by atoms with van der Waals surface area (Å²) in [6.07, 6.45) is 0.472. The van der Waals surface area contributed by atoms with Gasteiger partial charge in [-0.2, -0.15) is 0 Å². The SMILES string of the molecule is C[C@H]1OC(C)(C)O[C@@H]1C. The van der Waals surface area contributed by atoms with Crippen LogP contribution in [0.25, 0.3) is 0 Å². The zero-order chi connectivity index (χ0) is 7.07.